The summed E-state index contributed by atoms with van der Waals surface area (Å²) in [5, 5.41) is 13.2. The molecule has 1 aromatic rings. The van der Waals surface area contributed by atoms with Crippen LogP contribution in [0.15, 0.2) is 18.2 Å². The first-order valence-electron chi connectivity index (χ1n) is 4.98. The third kappa shape index (κ3) is 4.48. The molecular weight excluding hydrogens is 212 g/mol. The van der Waals surface area contributed by atoms with Crippen molar-refractivity contribution < 1.29 is 24.7 Å². The lowest BCUT2D eigenvalue weighted by molar-refractivity contribution is -0.532. The lowest BCUT2D eigenvalue weighted by atomic mass is 10.2. The van der Waals surface area contributed by atoms with Gasteiger partial charge in [0.15, 0.2) is 11.5 Å². The topological polar surface area (TPSA) is 57.2 Å². The highest BCUT2D eigenvalue weighted by Gasteiger charge is 1.98. The van der Waals surface area contributed by atoms with Gasteiger partial charge in [-0.2, -0.15) is 0 Å². The van der Waals surface area contributed by atoms with Crippen LogP contribution in [0.4, 0.5) is 0 Å². The Kier molecular flexibility index (Phi) is 5.63. The number of ether oxygens (including phenoxy) is 1. The summed E-state index contributed by atoms with van der Waals surface area (Å²) in [6, 6.07) is 5.24. The van der Waals surface area contributed by atoms with Gasteiger partial charge in [0, 0.05) is 6.42 Å². The average molecular weight is 228 g/mol. The molecule has 0 aliphatic carbocycles. The maximum Gasteiger partial charge on any atom is 0.160 e. The quantitative estimate of drug-likeness (QED) is 0.745. The zero-order valence-corrected chi connectivity index (χ0v) is 9.43. The molecule has 1 saturated heterocycles. The second-order valence-corrected chi connectivity index (χ2v) is 3.24. The fraction of sp³-hybridized carbons (Fsp3) is 0.455. The molecular formula is C11H16O5. The summed E-state index contributed by atoms with van der Waals surface area (Å²) in [7, 11) is 1.54. The zero-order chi connectivity index (χ0) is 11.8. The van der Waals surface area contributed by atoms with Gasteiger partial charge in [-0.15, -0.1) is 0 Å². The van der Waals surface area contributed by atoms with Gasteiger partial charge in [0.25, 0.3) is 0 Å². The van der Waals surface area contributed by atoms with Gasteiger partial charge in [-0.1, -0.05) is 11.1 Å². The molecule has 0 atom stereocenters. The number of rotatable bonds is 1. The van der Waals surface area contributed by atoms with E-state index in [0.29, 0.717) is 19.0 Å². The van der Waals surface area contributed by atoms with E-state index in [-0.39, 0.29) is 5.75 Å². The monoisotopic (exact) mass is 228 g/mol. The van der Waals surface area contributed by atoms with E-state index < -0.39 is 0 Å². The van der Waals surface area contributed by atoms with Crippen molar-refractivity contribution in [3.8, 4) is 11.5 Å². The Bertz CT molecular complexity index is 298. The highest BCUT2D eigenvalue weighted by atomic mass is 17.5. The SMILES string of the molecule is C1COOOC1.COc1cc(C)ccc1O. The molecule has 1 heterocycles. The fourth-order valence-electron chi connectivity index (χ4n) is 1.06. The Labute approximate surface area is 94.4 Å². The minimum absolute atomic E-state index is 0.188. The van der Waals surface area contributed by atoms with Crippen molar-refractivity contribution in [2.75, 3.05) is 20.3 Å². The Morgan fingerprint density at radius 3 is 2.31 bits per heavy atom. The Morgan fingerprint density at radius 2 is 1.94 bits per heavy atom. The van der Waals surface area contributed by atoms with Crippen LogP contribution in [0, 0.1) is 6.92 Å². The van der Waals surface area contributed by atoms with Gasteiger partial charge in [-0.05, 0) is 24.6 Å². The van der Waals surface area contributed by atoms with E-state index in [1.54, 1.807) is 12.1 Å². The lowest BCUT2D eigenvalue weighted by Crippen LogP contribution is -2.08. The van der Waals surface area contributed by atoms with Crippen LogP contribution in [0.1, 0.15) is 12.0 Å². The molecule has 0 spiro atoms. The predicted octanol–water partition coefficient (Wildman–Crippen LogP) is 1.98. The number of hydrogen-bond donors (Lipinski definition) is 1. The molecule has 1 aromatic carbocycles. The summed E-state index contributed by atoms with van der Waals surface area (Å²) in [5.74, 6) is 0.716. The molecule has 2 rings (SSSR count). The first kappa shape index (κ1) is 12.8. The molecule has 5 heteroatoms. The van der Waals surface area contributed by atoms with Crippen LogP contribution in [-0.2, 0) is 14.8 Å². The minimum Gasteiger partial charge on any atom is -0.504 e. The molecule has 1 aliphatic heterocycles. The summed E-state index contributed by atoms with van der Waals surface area (Å²) in [6.07, 6.45) is 0.931. The van der Waals surface area contributed by atoms with Gasteiger partial charge in [0.1, 0.15) is 0 Å². The van der Waals surface area contributed by atoms with Crippen molar-refractivity contribution in [3.05, 3.63) is 23.8 Å². The van der Waals surface area contributed by atoms with Gasteiger partial charge >= 0.3 is 0 Å². The van der Waals surface area contributed by atoms with Crippen LogP contribution in [0.25, 0.3) is 0 Å². The number of phenols is 1. The lowest BCUT2D eigenvalue weighted by Gasteiger charge is -2.06. The molecule has 0 aromatic heterocycles. The van der Waals surface area contributed by atoms with Crippen LogP contribution >= 0.6 is 0 Å². The number of hydrogen-bond acceptors (Lipinski definition) is 5. The molecule has 16 heavy (non-hydrogen) atoms. The summed E-state index contributed by atoms with van der Waals surface area (Å²) in [5.41, 5.74) is 1.08. The molecule has 1 fully saturated rings. The van der Waals surface area contributed by atoms with Gasteiger partial charge < -0.3 is 9.84 Å². The summed E-state index contributed by atoms with van der Waals surface area (Å²) in [4.78, 5) is 8.69. The molecule has 0 amide bonds. The van der Waals surface area contributed by atoms with Crippen molar-refractivity contribution >= 4 is 0 Å². The van der Waals surface area contributed by atoms with Crippen LogP contribution in [0.3, 0.4) is 0 Å². The second-order valence-electron chi connectivity index (χ2n) is 3.24. The van der Waals surface area contributed by atoms with Gasteiger partial charge in [-0.3, -0.25) is 0 Å². The Morgan fingerprint density at radius 1 is 1.25 bits per heavy atom. The van der Waals surface area contributed by atoms with E-state index in [0.717, 1.165) is 12.0 Å². The van der Waals surface area contributed by atoms with Crippen LogP contribution < -0.4 is 4.74 Å². The smallest absolute Gasteiger partial charge is 0.160 e. The van der Waals surface area contributed by atoms with Crippen molar-refractivity contribution in [3.63, 3.8) is 0 Å². The average Bonchev–Trinajstić information content (AvgIpc) is 2.35. The zero-order valence-electron chi connectivity index (χ0n) is 9.43. The third-order valence-electron chi connectivity index (χ3n) is 1.89. The predicted molar refractivity (Wildman–Crippen MR) is 57.0 cm³/mol. The maximum atomic E-state index is 9.11. The normalized spacial score (nSPS) is 14.9. The van der Waals surface area contributed by atoms with E-state index in [1.165, 1.54) is 7.11 Å². The van der Waals surface area contributed by atoms with E-state index in [9.17, 15) is 0 Å². The van der Waals surface area contributed by atoms with Crippen molar-refractivity contribution in [2.45, 2.75) is 13.3 Å². The highest BCUT2D eigenvalue weighted by Crippen LogP contribution is 2.25. The molecule has 1 aliphatic rings. The van der Waals surface area contributed by atoms with Gasteiger partial charge in [0.05, 0.1) is 20.3 Å². The maximum absolute atomic E-state index is 9.11. The number of aryl methyl sites for hydroxylation is 1. The molecule has 5 nitrogen and oxygen atoms in total. The van der Waals surface area contributed by atoms with Crippen LogP contribution in [-0.4, -0.2) is 25.4 Å². The third-order valence-corrected chi connectivity index (χ3v) is 1.89. The fourth-order valence-corrected chi connectivity index (χ4v) is 1.06. The first-order valence-corrected chi connectivity index (χ1v) is 4.98. The van der Waals surface area contributed by atoms with E-state index >= 15 is 0 Å². The second kappa shape index (κ2) is 7.05. The summed E-state index contributed by atoms with van der Waals surface area (Å²) >= 11 is 0. The highest BCUT2D eigenvalue weighted by molar-refractivity contribution is 5.41. The first-order chi connectivity index (χ1) is 7.74. The Balaban J connectivity index is 0.000000181. The summed E-state index contributed by atoms with van der Waals surface area (Å²) in [6.45, 7) is 3.25. The standard InChI is InChI=1S/C8H10O2.C3H6O3/c1-6-3-4-7(9)8(5-6)10-2;1-2-4-6-5-3-1/h3-5,9H,1-2H3;1-3H2. The Hall–Kier alpha value is -1.30. The van der Waals surface area contributed by atoms with Crippen molar-refractivity contribution in [1.82, 2.24) is 0 Å². The van der Waals surface area contributed by atoms with E-state index in [2.05, 4.69) is 14.8 Å². The minimum atomic E-state index is 0.188. The molecule has 0 bridgehead atoms. The number of methoxy groups -OCH3 is 1. The molecule has 0 saturated carbocycles. The van der Waals surface area contributed by atoms with E-state index in [4.69, 9.17) is 9.84 Å². The molecule has 90 valence electrons. The van der Waals surface area contributed by atoms with Crippen molar-refractivity contribution in [1.29, 1.82) is 0 Å². The van der Waals surface area contributed by atoms with E-state index in [1.807, 2.05) is 13.0 Å². The number of aromatic hydroxyl groups is 1. The summed E-state index contributed by atoms with van der Waals surface area (Å²) < 4.78 is 4.88. The van der Waals surface area contributed by atoms with Gasteiger partial charge in [0.2, 0.25) is 0 Å². The van der Waals surface area contributed by atoms with Crippen LogP contribution in [0.5, 0.6) is 11.5 Å². The number of phenolic OH excluding ortho intramolecular Hbond substituents is 1. The van der Waals surface area contributed by atoms with Crippen LogP contribution in [0.2, 0.25) is 0 Å². The molecule has 1 N–H and O–H groups in total. The largest absolute Gasteiger partial charge is 0.504 e. The molecule has 0 unspecified atom stereocenters. The van der Waals surface area contributed by atoms with Crippen molar-refractivity contribution in [2.24, 2.45) is 0 Å². The van der Waals surface area contributed by atoms with Gasteiger partial charge in [-0.25, -0.2) is 9.78 Å². The number of benzene rings is 1. The molecule has 0 radical (unpaired) electrons.